The molecule has 0 bridgehead atoms. The predicted molar refractivity (Wildman–Crippen MR) is 124 cm³/mol. The van der Waals surface area contributed by atoms with Crippen molar-refractivity contribution in [2.45, 2.75) is 26.8 Å². The van der Waals surface area contributed by atoms with Crippen LogP contribution in [-0.4, -0.2) is 55.9 Å². The molecular weight excluding hydrogens is 412 g/mol. The van der Waals surface area contributed by atoms with Gasteiger partial charge in [-0.15, -0.1) is 0 Å². The van der Waals surface area contributed by atoms with Crippen molar-refractivity contribution in [1.29, 1.82) is 0 Å². The Morgan fingerprint density at radius 1 is 1.00 bits per heavy atom. The third-order valence-corrected chi connectivity index (χ3v) is 6.25. The van der Waals surface area contributed by atoms with Crippen molar-refractivity contribution in [3.8, 4) is 11.3 Å². The van der Waals surface area contributed by atoms with Gasteiger partial charge in [0.15, 0.2) is 5.65 Å². The van der Waals surface area contributed by atoms with Crippen LogP contribution in [0.25, 0.3) is 22.6 Å². The number of nitrogens with zero attached hydrogens (tertiary/aromatic N) is 6. The average Bonchev–Trinajstić information content (AvgIpc) is 3.14. The average molecular weight is 437 g/mol. The Hall–Kier alpha value is -2.90. The molecule has 0 N–H and O–H groups in total. The largest absolute Gasteiger partial charge is 0.368 e. The molecule has 5 rings (SSSR count). The van der Waals surface area contributed by atoms with Gasteiger partial charge >= 0.3 is 0 Å². The molecule has 1 aliphatic rings. The van der Waals surface area contributed by atoms with Gasteiger partial charge in [-0.3, -0.25) is 14.1 Å². The Morgan fingerprint density at radius 3 is 2.52 bits per heavy atom. The maximum Gasteiger partial charge on any atom is 0.258 e. The Kier molecular flexibility index (Phi) is 4.95. The Labute approximate surface area is 185 Å². The monoisotopic (exact) mass is 436 g/mol. The summed E-state index contributed by atoms with van der Waals surface area (Å²) >= 11 is 6.42. The normalized spacial score (nSPS) is 15.5. The highest BCUT2D eigenvalue weighted by Gasteiger charge is 2.19. The first-order chi connectivity index (χ1) is 14.9. The highest BCUT2D eigenvalue weighted by Crippen LogP contribution is 2.25. The van der Waals surface area contributed by atoms with Crippen LogP contribution in [0.3, 0.4) is 0 Å². The summed E-state index contributed by atoms with van der Waals surface area (Å²) in [5.41, 5.74) is 4.51. The van der Waals surface area contributed by atoms with Crippen LogP contribution >= 0.6 is 11.6 Å². The number of aryl methyl sites for hydroxylation is 1. The first-order valence-corrected chi connectivity index (χ1v) is 10.9. The van der Waals surface area contributed by atoms with Gasteiger partial charge in [0.05, 0.1) is 22.1 Å². The van der Waals surface area contributed by atoms with Gasteiger partial charge in [0.2, 0.25) is 0 Å². The molecule has 0 atom stereocenters. The van der Waals surface area contributed by atoms with E-state index >= 15 is 0 Å². The third-order valence-electron chi connectivity index (χ3n) is 5.98. The summed E-state index contributed by atoms with van der Waals surface area (Å²) in [5.74, 6) is 0. The lowest BCUT2D eigenvalue weighted by Gasteiger charge is -2.38. The van der Waals surface area contributed by atoms with Crippen molar-refractivity contribution in [3.05, 3.63) is 63.9 Å². The first-order valence-electron chi connectivity index (χ1n) is 10.6. The van der Waals surface area contributed by atoms with Crippen LogP contribution in [0, 0.1) is 6.92 Å². The van der Waals surface area contributed by atoms with Crippen molar-refractivity contribution < 1.29 is 0 Å². The Balaban J connectivity index is 1.50. The lowest BCUT2D eigenvalue weighted by molar-refractivity contribution is 0.209. The molecule has 0 unspecified atom stereocenters. The van der Waals surface area contributed by atoms with Crippen LogP contribution in [0.2, 0.25) is 5.02 Å². The van der Waals surface area contributed by atoms with Crippen LogP contribution in [0.4, 0.5) is 5.69 Å². The summed E-state index contributed by atoms with van der Waals surface area (Å²) in [5, 5.41) is 0.531. The van der Waals surface area contributed by atoms with Crippen LogP contribution in [-0.2, 0) is 0 Å². The van der Waals surface area contributed by atoms with Gasteiger partial charge in [-0.1, -0.05) is 11.6 Å². The van der Waals surface area contributed by atoms with E-state index in [-0.39, 0.29) is 5.56 Å². The molecule has 5 heterocycles. The fourth-order valence-electron chi connectivity index (χ4n) is 4.24. The van der Waals surface area contributed by atoms with Crippen molar-refractivity contribution >= 4 is 28.6 Å². The number of pyridine rings is 2. The molecule has 0 spiro atoms. The molecule has 0 radical (unpaired) electrons. The van der Waals surface area contributed by atoms with Gasteiger partial charge in [0.1, 0.15) is 5.65 Å². The lowest BCUT2D eigenvalue weighted by Crippen LogP contribution is -2.49. The van der Waals surface area contributed by atoms with E-state index in [2.05, 4.69) is 28.6 Å². The van der Waals surface area contributed by atoms with Gasteiger partial charge in [0.25, 0.3) is 5.56 Å². The standard InChI is InChI=1S/C23H25ClN6O/c1-15(2)27-6-8-28(9-7-27)18-4-5-21-26-20(11-22(31)30(21)14-18)17-10-19(24)23-25-16(3)12-29(23)13-17/h4-5,10-15H,6-9H2,1-3H3. The second kappa shape index (κ2) is 7.66. The van der Waals surface area contributed by atoms with E-state index in [4.69, 9.17) is 16.6 Å². The number of aromatic nitrogens is 4. The molecule has 1 aliphatic heterocycles. The molecule has 0 aliphatic carbocycles. The summed E-state index contributed by atoms with van der Waals surface area (Å²) in [7, 11) is 0. The van der Waals surface area contributed by atoms with E-state index in [9.17, 15) is 4.79 Å². The highest BCUT2D eigenvalue weighted by molar-refractivity contribution is 6.33. The van der Waals surface area contributed by atoms with E-state index < -0.39 is 0 Å². The smallest absolute Gasteiger partial charge is 0.258 e. The second-order valence-electron chi connectivity index (χ2n) is 8.40. The zero-order chi connectivity index (χ0) is 21.7. The van der Waals surface area contributed by atoms with Crippen molar-refractivity contribution in [3.63, 3.8) is 0 Å². The van der Waals surface area contributed by atoms with Crippen molar-refractivity contribution in [1.82, 2.24) is 23.7 Å². The van der Waals surface area contributed by atoms with E-state index in [1.807, 2.05) is 48.1 Å². The summed E-state index contributed by atoms with van der Waals surface area (Å²) in [4.78, 5) is 26.9. The zero-order valence-electron chi connectivity index (χ0n) is 17.9. The number of anilines is 1. The molecule has 7 nitrogen and oxygen atoms in total. The molecule has 4 aromatic heterocycles. The fourth-order valence-corrected chi connectivity index (χ4v) is 4.50. The number of hydrogen-bond donors (Lipinski definition) is 0. The maximum atomic E-state index is 12.9. The molecule has 0 amide bonds. The Morgan fingerprint density at radius 2 is 1.77 bits per heavy atom. The molecule has 1 saturated heterocycles. The zero-order valence-corrected chi connectivity index (χ0v) is 18.7. The SMILES string of the molecule is Cc1cn2cc(-c3cc(=O)n4cc(N5CCN(C(C)C)CC5)ccc4n3)cc(Cl)c2n1. The number of fused-ring (bicyclic) bond motifs is 2. The third kappa shape index (κ3) is 3.68. The van der Waals surface area contributed by atoms with Gasteiger partial charge < -0.3 is 9.30 Å². The van der Waals surface area contributed by atoms with E-state index in [0.717, 1.165) is 43.1 Å². The van der Waals surface area contributed by atoms with Crippen molar-refractivity contribution in [2.75, 3.05) is 31.1 Å². The molecule has 0 saturated carbocycles. The van der Waals surface area contributed by atoms with Crippen LogP contribution < -0.4 is 10.5 Å². The maximum absolute atomic E-state index is 12.9. The molecule has 4 aromatic rings. The quantitative estimate of drug-likeness (QED) is 0.492. The second-order valence-corrected chi connectivity index (χ2v) is 8.81. The molecule has 8 heteroatoms. The molecular formula is C23H25ClN6O. The lowest BCUT2D eigenvalue weighted by atomic mass is 10.2. The molecule has 160 valence electrons. The van der Waals surface area contributed by atoms with E-state index in [1.54, 1.807) is 10.5 Å². The first kappa shape index (κ1) is 20.0. The Bertz CT molecular complexity index is 1330. The van der Waals surface area contributed by atoms with E-state index in [0.29, 0.717) is 28.1 Å². The van der Waals surface area contributed by atoms with Gasteiger partial charge in [0, 0.05) is 62.4 Å². The summed E-state index contributed by atoms with van der Waals surface area (Å²) in [6.45, 7) is 10.3. The summed E-state index contributed by atoms with van der Waals surface area (Å²) in [6.07, 6.45) is 5.71. The topological polar surface area (TPSA) is 58.2 Å². The molecule has 1 fully saturated rings. The van der Waals surface area contributed by atoms with Crippen LogP contribution in [0.5, 0.6) is 0 Å². The molecule has 0 aromatic carbocycles. The predicted octanol–water partition coefficient (Wildman–Crippen LogP) is 3.50. The van der Waals surface area contributed by atoms with Crippen LogP contribution in [0.15, 0.2) is 47.7 Å². The van der Waals surface area contributed by atoms with Gasteiger partial charge in [-0.25, -0.2) is 9.97 Å². The van der Waals surface area contributed by atoms with Gasteiger partial charge in [-0.2, -0.15) is 0 Å². The number of halogens is 1. The number of rotatable bonds is 3. The molecule has 31 heavy (non-hydrogen) atoms. The minimum absolute atomic E-state index is 0.110. The highest BCUT2D eigenvalue weighted by atomic mass is 35.5. The minimum atomic E-state index is -0.110. The fraction of sp³-hybridized carbons (Fsp3) is 0.348. The number of piperazine rings is 1. The number of imidazole rings is 1. The van der Waals surface area contributed by atoms with E-state index in [1.165, 1.54) is 0 Å². The number of hydrogen-bond acceptors (Lipinski definition) is 5. The van der Waals surface area contributed by atoms with Crippen molar-refractivity contribution in [2.24, 2.45) is 0 Å². The summed E-state index contributed by atoms with van der Waals surface area (Å²) in [6, 6.07) is 7.89. The van der Waals surface area contributed by atoms with Gasteiger partial charge in [-0.05, 0) is 39.0 Å². The minimum Gasteiger partial charge on any atom is -0.368 e. The summed E-state index contributed by atoms with van der Waals surface area (Å²) < 4.78 is 3.49. The van der Waals surface area contributed by atoms with Crippen LogP contribution in [0.1, 0.15) is 19.5 Å².